The number of ether oxygens (including phenoxy) is 2. The lowest BCUT2D eigenvalue weighted by molar-refractivity contribution is -0.121. The topological polar surface area (TPSA) is 47.6 Å². The molecule has 1 aliphatic heterocycles. The van der Waals surface area contributed by atoms with Crippen LogP contribution >= 0.6 is 23.4 Å². The largest absolute Gasteiger partial charge is 0.486 e. The van der Waals surface area contributed by atoms with Crippen LogP contribution in [0.5, 0.6) is 11.5 Å². The minimum atomic E-state index is 0.0617. The number of hydrogen-bond donors (Lipinski definition) is 1. The first-order valence-electron chi connectivity index (χ1n) is 8.24. The van der Waals surface area contributed by atoms with E-state index in [2.05, 4.69) is 5.32 Å². The van der Waals surface area contributed by atoms with Crippen LogP contribution in [-0.4, -0.2) is 24.9 Å². The number of nitrogens with one attached hydrogen (secondary N) is 1. The monoisotopic (exact) mass is 377 g/mol. The van der Waals surface area contributed by atoms with E-state index in [1.807, 2.05) is 42.5 Å². The Kier molecular flexibility index (Phi) is 6.48. The lowest BCUT2D eigenvalue weighted by Crippen LogP contribution is -2.22. The summed E-state index contributed by atoms with van der Waals surface area (Å²) in [6.07, 6.45) is 1.35. The van der Waals surface area contributed by atoms with Crippen molar-refractivity contribution in [3.63, 3.8) is 0 Å². The summed E-state index contributed by atoms with van der Waals surface area (Å²) < 4.78 is 11.0. The van der Waals surface area contributed by atoms with Gasteiger partial charge in [0.2, 0.25) is 5.91 Å². The number of halogens is 1. The van der Waals surface area contributed by atoms with Crippen LogP contribution in [0.3, 0.4) is 0 Å². The summed E-state index contributed by atoms with van der Waals surface area (Å²) in [5.74, 6) is 2.48. The van der Waals surface area contributed by atoms with E-state index in [-0.39, 0.29) is 5.91 Å². The van der Waals surface area contributed by atoms with E-state index >= 15 is 0 Å². The minimum Gasteiger partial charge on any atom is -0.486 e. The van der Waals surface area contributed by atoms with Crippen LogP contribution in [0, 0.1) is 0 Å². The smallest absolute Gasteiger partial charge is 0.220 e. The molecule has 4 nitrogen and oxygen atoms in total. The molecule has 3 rings (SSSR count). The molecule has 0 saturated heterocycles. The first-order chi connectivity index (χ1) is 12.2. The summed E-state index contributed by atoms with van der Waals surface area (Å²) in [5.41, 5.74) is 1.01. The van der Waals surface area contributed by atoms with Crippen molar-refractivity contribution in [1.29, 1.82) is 0 Å². The number of benzene rings is 2. The molecule has 2 aromatic rings. The highest BCUT2D eigenvalue weighted by Gasteiger charge is 2.12. The van der Waals surface area contributed by atoms with Crippen molar-refractivity contribution in [2.75, 3.05) is 19.0 Å². The Labute approximate surface area is 156 Å². The van der Waals surface area contributed by atoms with Crippen LogP contribution in [0.15, 0.2) is 47.4 Å². The molecule has 25 heavy (non-hydrogen) atoms. The molecule has 0 aliphatic carbocycles. The van der Waals surface area contributed by atoms with Gasteiger partial charge in [-0.15, -0.1) is 11.8 Å². The van der Waals surface area contributed by atoms with Gasteiger partial charge in [-0.3, -0.25) is 4.79 Å². The molecule has 0 unspecified atom stereocenters. The van der Waals surface area contributed by atoms with Gasteiger partial charge in [0.25, 0.3) is 0 Å². The van der Waals surface area contributed by atoms with Crippen molar-refractivity contribution in [2.24, 2.45) is 0 Å². The quantitative estimate of drug-likeness (QED) is 0.577. The Morgan fingerprint density at radius 1 is 1.08 bits per heavy atom. The summed E-state index contributed by atoms with van der Waals surface area (Å²) in [5, 5.41) is 3.69. The molecule has 1 heterocycles. The highest BCUT2D eigenvalue weighted by Crippen LogP contribution is 2.30. The molecule has 0 radical (unpaired) electrons. The molecular formula is C19H20ClNO3S. The number of carbonyl (C=O) groups excluding carboxylic acids is 1. The predicted molar refractivity (Wildman–Crippen MR) is 101 cm³/mol. The fourth-order valence-electron chi connectivity index (χ4n) is 2.44. The van der Waals surface area contributed by atoms with Gasteiger partial charge in [-0.25, -0.2) is 0 Å². The van der Waals surface area contributed by atoms with Gasteiger partial charge < -0.3 is 14.8 Å². The maximum atomic E-state index is 12.0. The number of thioether (sulfide) groups is 1. The van der Waals surface area contributed by atoms with Gasteiger partial charge in [0.15, 0.2) is 11.5 Å². The zero-order chi connectivity index (χ0) is 17.5. The molecule has 0 atom stereocenters. The fraction of sp³-hybridized carbons (Fsp3) is 0.316. The molecular weight excluding hydrogens is 358 g/mol. The number of hydrogen-bond acceptors (Lipinski definition) is 4. The van der Waals surface area contributed by atoms with E-state index < -0.39 is 0 Å². The van der Waals surface area contributed by atoms with Crippen LogP contribution in [0.1, 0.15) is 18.4 Å². The molecule has 0 bridgehead atoms. The van der Waals surface area contributed by atoms with Crippen LogP contribution in [0.4, 0.5) is 0 Å². The van der Waals surface area contributed by atoms with Crippen molar-refractivity contribution in [2.45, 2.75) is 24.3 Å². The molecule has 0 aromatic heterocycles. The van der Waals surface area contributed by atoms with Gasteiger partial charge in [0, 0.05) is 22.9 Å². The van der Waals surface area contributed by atoms with Gasteiger partial charge in [0.05, 0.1) is 0 Å². The van der Waals surface area contributed by atoms with Crippen LogP contribution < -0.4 is 14.8 Å². The number of amides is 1. The SMILES string of the molecule is O=C(CCCSc1ccc(Cl)cc1)NCc1ccc2c(c1)OCCO2. The average molecular weight is 378 g/mol. The Morgan fingerprint density at radius 2 is 1.84 bits per heavy atom. The molecule has 0 spiro atoms. The normalized spacial score (nSPS) is 12.7. The van der Waals surface area contributed by atoms with E-state index in [1.165, 1.54) is 4.90 Å². The Bertz CT molecular complexity index is 721. The van der Waals surface area contributed by atoms with Crippen LogP contribution in [-0.2, 0) is 11.3 Å². The maximum Gasteiger partial charge on any atom is 0.220 e. The van der Waals surface area contributed by atoms with E-state index in [9.17, 15) is 4.79 Å². The summed E-state index contributed by atoms with van der Waals surface area (Å²) in [7, 11) is 0. The second kappa shape index (κ2) is 9.02. The summed E-state index contributed by atoms with van der Waals surface area (Å²) in [6.45, 7) is 1.64. The highest BCUT2D eigenvalue weighted by atomic mass is 35.5. The highest BCUT2D eigenvalue weighted by molar-refractivity contribution is 7.99. The Balaban J connectivity index is 1.36. The van der Waals surface area contributed by atoms with Gasteiger partial charge in [0.1, 0.15) is 13.2 Å². The van der Waals surface area contributed by atoms with Gasteiger partial charge in [-0.2, -0.15) is 0 Å². The molecule has 1 aliphatic rings. The van der Waals surface area contributed by atoms with Crippen molar-refractivity contribution in [1.82, 2.24) is 5.32 Å². The van der Waals surface area contributed by atoms with Crippen LogP contribution in [0.25, 0.3) is 0 Å². The van der Waals surface area contributed by atoms with Gasteiger partial charge in [-0.1, -0.05) is 17.7 Å². The number of fused-ring (bicyclic) bond motifs is 1. The first-order valence-corrected chi connectivity index (χ1v) is 9.61. The third-order valence-electron chi connectivity index (χ3n) is 3.73. The lowest BCUT2D eigenvalue weighted by atomic mass is 10.2. The fourth-order valence-corrected chi connectivity index (χ4v) is 3.42. The number of rotatable bonds is 7. The molecule has 6 heteroatoms. The zero-order valence-corrected chi connectivity index (χ0v) is 15.4. The third kappa shape index (κ3) is 5.58. The van der Waals surface area contributed by atoms with Crippen molar-refractivity contribution >= 4 is 29.3 Å². The van der Waals surface area contributed by atoms with Gasteiger partial charge >= 0.3 is 0 Å². The first kappa shape index (κ1) is 18.0. The molecule has 0 saturated carbocycles. The standard InChI is InChI=1S/C19H20ClNO3S/c20-15-4-6-16(7-5-15)25-11-1-2-19(22)21-13-14-3-8-17-18(12-14)24-10-9-23-17/h3-8,12H,1-2,9-11,13H2,(H,21,22). The molecule has 0 fully saturated rings. The second-order valence-electron chi connectivity index (χ2n) is 5.66. The minimum absolute atomic E-state index is 0.0617. The molecule has 1 N–H and O–H groups in total. The summed E-state index contributed by atoms with van der Waals surface area (Å²) in [6, 6.07) is 13.5. The lowest BCUT2D eigenvalue weighted by Gasteiger charge is -2.19. The predicted octanol–water partition coefficient (Wildman–Crippen LogP) is 4.30. The van der Waals surface area contributed by atoms with E-state index in [0.29, 0.717) is 26.2 Å². The molecule has 1 amide bonds. The van der Waals surface area contributed by atoms with Crippen molar-refractivity contribution in [3.8, 4) is 11.5 Å². The van der Waals surface area contributed by atoms with Crippen molar-refractivity contribution in [3.05, 3.63) is 53.1 Å². The second-order valence-corrected chi connectivity index (χ2v) is 7.27. The van der Waals surface area contributed by atoms with Crippen LogP contribution in [0.2, 0.25) is 5.02 Å². The average Bonchev–Trinajstić information content (AvgIpc) is 2.65. The molecule has 132 valence electrons. The Morgan fingerprint density at radius 3 is 2.64 bits per heavy atom. The van der Waals surface area contributed by atoms with E-state index in [0.717, 1.165) is 34.3 Å². The summed E-state index contributed by atoms with van der Waals surface area (Å²) >= 11 is 7.59. The maximum absolute atomic E-state index is 12.0. The third-order valence-corrected chi connectivity index (χ3v) is 5.08. The number of carbonyl (C=O) groups is 1. The zero-order valence-electron chi connectivity index (χ0n) is 13.8. The van der Waals surface area contributed by atoms with E-state index in [4.69, 9.17) is 21.1 Å². The Hall–Kier alpha value is -1.85. The molecule has 2 aromatic carbocycles. The van der Waals surface area contributed by atoms with E-state index in [1.54, 1.807) is 11.8 Å². The van der Waals surface area contributed by atoms with Crippen molar-refractivity contribution < 1.29 is 14.3 Å². The summed E-state index contributed by atoms with van der Waals surface area (Å²) in [4.78, 5) is 13.1. The van der Waals surface area contributed by atoms with Gasteiger partial charge in [-0.05, 0) is 54.1 Å².